The molecular formula is C16H15ClO. The molecule has 0 unspecified atom stereocenters. The lowest BCUT2D eigenvalue weighted by atomic mass is 10.2. The minimum absolute atomic E-state index is 0.540. The van der Waals surface area contributed by atoms with Gasteiger partial charge in [-0.05, 0) is 17.2 Å². The van der Waals surface area contributed by atoms with Gasteiger partial charge in [-0.15, -0.1) is 0 Å². The molecule has 0 aromatic heterocycles. The first-order valence-corrected chi connectivity index (χ1v) is 6.27. The van der Waals surface area contributed by atoms with E-state index in [4.69, 9.17) is 16.3 Å². The van der Waals surface area contributed by atoms with Crippen LogP contribution in [0.5, 0.6) is 0 Å². The first kappa shape index (κ1) is 12.9. The Labute approximate surface area is 113 Å². The lowest BCUT2D eigenvalue weighted by Gasteiger charge is -2.03. The number of hydrogen-bond acceptors (Lipinski definition) is 1. The van der Waals surface area contributed by atoms with Crippen LogP contribution in [0.15, 0.2) is 60.7 Å². The van der Waals surface area contributed by atoms with Crippen LogP contribution < -0.4 is 0 Å². The maximum Gasteiger partial charge on any atom is 0.0735 e. The first-order chi connectivity index (χ1) is 8.86. The SMILES string of the molecule is Clc1ccccc1COC/C=C/c1ccccc1. The summed E-state index contributed by atoms with van der Waals surface area (Å²) in [7, 11) is 0. The molecule has 0 bridgehead atoms. The Hall–Kier alpha value is -1.57. The molecule has 2 aromatic rings. The lowest BCUT2D eigenvalue weighted by molar-refractivity contribution is 0.149. The van der Waals surface area contributed by atoms with Crippen LogP contribution in [-0.2, 0) is 11.3 Å². The number of benzene rings is 2. The van der Waals surface area contributed by atoms with Crippen molar-refractivity contribution in [3.63, 3.8) is 0 Å². The Morgan fingerprint density at radius 2 is 1.67 bits per heavy atom. The average molecular weight is 259 g/mol. The summed E-state index contributed by atoms with van der Waals surface area (Å²) in [6.07, 6.45) is 4.05. The quantitative estimate of drug-likeness (QED) is 0.714. The molecule has 0 amide bonds. The van der Waals surface area contributed by atoms with Crippen LogP contribution in [0.2, 0.25) is 5.02 Å². The fourth-order valence-corrected chi connectivity index (χ4v) is 1.79. The molecule has 18 heavy (non-hydrogen) atoms. The molecule has 0 saturated carbocycles. The molecule has 0 heterocycles. The summed E-state index contributed by atoms with van der Waals surface area (Å²) in [5.74, 6) is 0. The summed E-state index contributed by atoms with van der Waals surface area (Å²) < 4.78 is 5.55. The maximum atomic E-state index is 6.03. The highest BCUT2D eigenvalue weighted by molar-refractivity contribution is 6.31. The van der Waals surface area contributed by atoms with Crippen molar-refractivity contribution in [2.45, 2.75) is 6.61 Å². The van der Waals surface area contributed by atoms with Crippen LogP contribution in [0.1, 0.15) is 11.1 Å². The Morgan fingerprint density at radius 1 is 0.944 bits per heavy atom. The highest BCUT2D eigenvalue weighted by Crippen LogP contribution is 2.15. The molecule has 2 aromatic carbocycles. The van der Waals surface area contributed by atoms with Gasteiger partial charge in [-0.3, -0.25) is 0 Å². The van der Waals surface area contributed by atoms with E-state index in [2.05, 4.69) is 12.1 Å². The van der Waals surface area contributed by atoms with Gasteiger partial charge in [0.15, 0.2) is 0 Å². The van der Waals surface area contributed by atoms with Crippen LogP contribution in [0.25, 0.3) is 6.08 Å². The van der Waals surface area contributed by atoms with E-state index in [9.17, 15) is 0 Å². The van der Waals surface area contributed by atoms with E-state index in [1.54, 1.807) is 0 Å². The zero-order valence-electron chi connectivity index (χ0n) is 10.1. The molecular weight excluding hydrogens is 244 g/mol. The minimum atomic E-state index is 0.540. The van der Waals surface area contributed by atoms with Crippen molar-refractivity contribution in [1.82, 2.24) is 0 Å². The van der Waals surface area contributed by atoms with Crippen LogP contribution in [0.3, 0.4) is 0 Å². The summed E-state index contributed by atoms with van der Waals surface area (Å²) in [6, 6.07) is 17.9. The Kier molecular flexibility index (Phi) is 5.00. The van der Waals surface area contributed by atoms with Gasteiger partial charge in [0.25, 0.3) is 0 Å². The maximum absolute atomic E-state index is 6.03. The molecule has 1 nitrogen and oxygen atoms in total. The fourth-order valence-electron chi connectivity index (χ4n) is 1.60. The molecule has 0 spiro atoms. The fraction of sp³-hybridized carbons (Fsp3) is 0.125. The highest BCUT2D eigenvalue weighted by Gasteiger charge is 1.97. The van der Waals surface area contributed by atoms with Crippen molar-refractivity contribution in [3.05, 3.63) is 76.8 Å². The van der Waals surface area contributed by atoms with Gasteiger partial charge >= 0.3 is 0 Å². The van der Waals surface area contributed by atoms with E-state index in [-0.39, 0.29) is 0 Å². The van der Waals surface area contributed by atoms with Crippen LogP contribution >= 0.6 is 11.6 Å². The van der Waals surface area contributed by atoms with E-state index in [1.165, 1.54) is 5.56 Å². The van der Waals surface area contributed by atoms with Crippen molar-refractivity contribution in [2.24, 2.45) is 0 Å². The van der Waals surface area contributed by atoms with Crippen LogP contribution in [-0.4, -0.2) is 6.61 Å². The monoisotopic (exact) mass is 258 g/mol. The molecule has 0 aliphatic heterocycles. The standard InChI is InChI=1S/C16H15ClO/c17-16-11-5-4-10-15(16)13-18-12-6-9-14-7-2-1-3-8-14/h1-11H,12-13H2/b9-6+. The van der Waals surface area contributed by atoms with Gasteiger partial charge in [0.1, 0.15) is 0 Å². The Balaban J connectivity index is 1.77. The predicted octanol–water partition coefficient (Wildman–Crippen LogP) is 4.57. The van der Waals surface area contributed by atoms with Gasteiger partial charge in [0.05, 0.1) is 13.2 Å². The molecule has 0 radical (unpaired) electrons. The number of hydrogen-bond donors (Lipinski definition) is 0. The Morgan fingerprint density at radius 3 is 2.44 bits per heavy atom. The van der Waals surface area contributed by atoms with E-state index in [1.807, 2.05) is 54.6 Å². The second-order valence-corrected chi connectivity index (χ2v) is 4.33. The largest absolute Gasteiger partial charge is 0.373 e. The number of halogens is 1. The topological polar surface area (TPSA) is 9.23 Å². The summed E-state index contributed by atoms with van der Waals surface area (Å²) in [4.78, 5) is 0. The second kappa shape index (κ2) is 7.00. The van der Waals surface area contributed by atoms with Gasteiger partial charge < -0.3 is 4.74 Å². The molecule has 0 aliphatic carbocycles. The summed E-state index contributed by atoms with van der Waals surface area (Å²) in [5, 5.41) is 0.754. The first-order valence-electron chi connectivity index (χ1n) is 5.89. The average Bonchev–Trinajstić information content (AvgIpc) is 2.42. The van der Waals surface area contributed by atoms with E-state index in [0.29, 0.717) is 13.2 Å². The third-order valence-corrected chi connectivity index (χ3v) is 2.91. The molecule has 0 aliphatic rings. The molecule has 92 valence electrons. The number of ether oxygens (including phenoxy) is 1. The third-order valence-electron chi connectivity index (χ3n) is 2.54. The molecule has 2 heteroatoms. The molecule has 0 fully saturated rings. The van der Waals surface area contributed by atoms with Crippen LogP contribution in [0, 0.1) is 0 Å². The van der Waals surface area contributed by atoms with Crippen LogP contribution in [0.4, 0.5) is 0 Å². The molecule has 0 saturated heterocycles. The van der Waals surface area contributed by atoms with E-state index >= 15 is 0 Å². The van der Waals surface area contributed by atoms with Crippen molar-refractivity contribution < 1.29 is 4.74 Å². The van der Waals surface area contributed by atoms with Gasteiger partial charge in [0, 0.05) is 5.02 Å². The number of rotatable bonds is 5. The van der Waals surface area contributed by atoms with Crippen molar-refractivity contribution in [3.8, 4) is 0 Å². The van der Waals surface area contributed by atoms with Gasteiger partial charge in [0.2, 0.25) is 0 Å². The molecule has 0 N–H and O–H groups in total. The Bertz CT molecular complexity index is 506. The summed E-state index contributed by atoms with van der Waals surface area (Å²) in [6.45, 7) is 1.12. The zero-order valence-corrected chi connectivity index (χ0v) is 10.8. The smallest absolute Gasteiger partial charge is 0.0735 e. The summed E-state index contributed by atoms with van der Waals surface area (Å²) in [5.41, 5.74) is 2.20. The normalized spacial score (nSPS) is 10.9. The van der Waals surface area contributed by atoms with E-state index < -0.39 is 0 Å². The lowest BCUT2D eigenvalue weighted by Crippen LogP contribution is -1.93. The molecule has 2 rings (SSSR count). The highest BCUT2D eigenvalue weighted by atomic mass is 35.5. The van der Waals surface area contributed by atoms with Crippen molar-refractivity contribution >= 4 is 17.7 Å². The van der Waals surface area contributed by atoms with Gasteiger partial charge in [-0.1, -0.05) is 72.3 Å². The minimum Gasteiger partial charge on any atom is -0.373 e. The van der Waals surface area contributed by atoms with Gasteiger partial charge in [-0.2, -0.15) is 0 Å². The second-order valence-electron chi connectivity index (χ2n) is 3.92. The third kappa shape index (κ3) is 4.02. The zero-order chi connectivity index (χ0) is 12.6. The molecule has 0 atom stereocenters. The summed E-state index contributed by atoms with van der Waals surface area (Å²) >= 11 is 6.03. The van der Waals surface area contributed by atoms with Crippen molar-refractivity contribution in [1.29, 1.82) is 0 Å². The predicted molar refractivity (Wildman–Crippen MR) is 76.6 cm³/mol. The van der Waals surface area contributed by atoms with Crippen molar-refractivity contribution in [2.75, 3.05) is 6.61 Å². The van der Waals surface area contributed by atoms with Gasteiger partial charge in [-0.25, -0.2) is 0 Å². The van der Waals surface area contributed by atoms with E-state index in [0.717, 1.165) is 10.6 Å².